The first-order valence-corrected chi connectivity index (χ1v) is 8.71. The van der Waals surface area contributed by atoms with Gasteiger partial charge in [-0.15, -0.1) is 5.10 Å². The maximum atomic E-state index is 12.2. The Morgan fingerprint density at radius 2 is 2.00 bits per heavy atom. The van der Waals surface area contributed by atoms with E-state index < -0.39 is 0 Å². The Kier molecular flexibility index (Phi) is 5.66. The van der Waals surface area contributed by atoms with E-state index in [1.807, 2.05) is 48.5 Å². The third kappa shape index (κ3) is 4.61. The van der Waals surface area contributed by atoms with Crippen LogP contribution in [0.2, 0.25) is 0 Å². The van der Waals surface area contributed by atoms with Gasteiger partial charge in [0, 0.05) is 11.8 Å². The van der Waals surface area contributed by atoms with Crippen molar-refractivity contribution in [3.05, 3.63) is 72.1 Å². The van der Waals surface area contributed by atoms with Gasteiger partial charge in [0.25, 0.3) is 0 Å². The predicted molar refractivity (Wildman–Crippen MR) is 106 cm³/mol. The summed E-state index contributed by atoms with van der Waals surface area (Å²) in [6, 6.07) is 15.0. The Morgan fingerprint density at radius 1 is 1.19 bits per heavy atom. The van der Waals surface area contributed by atoms with Gasteiger partial charge in [-0.2, -0.15) is 0 Å². The summed E-state index contributed by atoms with van der Waals surface area (Å²) in [5, 5.41) is 11.0. The van der Waals surface area contributed by atoms with Crippen molar-refractivity contribution in [3.63, 3.8) is 0 Å². The summed E-state index contributed by atoms with van der Waals surface area (Å²) in [4.78, 5) is 12.2. The maximum absolute atomic E-state index is 12.2. The number of carbonyl (C=O) groups excluding carboxylic acids is 1. The van der Waals surface area contributed by atoms with Gasteiger partial charge in [0.1, 0.15) is 5.75 Å². The third-order valence-corrected chi connectivity index (χ3v) is 4.05. The van der Waals surface area contributed by atoms with Crippen LogP contribution in [0.1, 0.15) is 31.0 Å². The minimum atomic E-state index is -0.211. The number of benzene rings is 2. The van der Waals surface area contributed by atoms with Crippen molar-refractivity contribution in [3.8, 4) is 11.4 Å². The lowest BCUT2D eigenvalue weighted by Gasteiger charge is -2.10. The first-order chi connectivity index (χ1) is 13.1. The molecule has 0 radical (unpaired) electrons. The lowest BCUT2D eigenvalue weighted by molar-refractivity contribution is -0.111. The largest absolute Gasteiger partial charge is 0.497 e. The molecule has 1 heterocycles. The van der Waals surface area contributed by atoms with Gasteiger partial charge < -0.3 is 10.1 Å². The van der Waals surface area contributed by atoms with Crippen LogP contribution in [-0.4, -0.2) is 28.0 Å². The highest BCUT2D eigenvalue weighted by Gasteiger charge is 2.10. The van der Waals surface area contributed by atoms with E-state index in [0.29, 0.717) is 11.6 Å². The Labute approximate surface area is 158 Å². The van der Waals surface area contributed by atoms with Gasteiger partial charge in [0.2, 0.25) is 5.91 Å². The number of nitrogens with zero attached hydrogens (tertiary/aromatic N) is 3. The number of aromatic nitrogens is 3. The first kappa shape index (κ1) is 18.4. The number of hydrogen-bond acceptors (Lipinski definition) is 4. The Morgan fingerprint density at radius 3 is 2.78 bits per heavy atom. The average Bonchev–Trinajstić information content (AvgIpc) is 3.17. The van der Waals surface area contributed by atoms with Crippen LogP contribution in [-0.2, 0) is 4.79 Å². The smallest absolute Gasteiger partial charge is 0.248 e. The Balaban J connectivity index is 1.73. The molecule has 27 heavy (non-hydrogen) atoms. The number of rotatable bonds is 6. The summed E-state index contributed by atoms with van der Waals surface area (Å²) in [5.74, 6) is 0.834. The van der Waals surface area contributed by atoms with Crippen LogP contribution in [0.3, 0.4) is 0 Å². The molecule has 6 nitrogen and oxygen atoms in total. The number of methoxy groups -OCH3 is 1. The molecular weight excluding hydrogens is 340 g/mol. The number of anilines is 1. The summed E-state index contributed by atoms with van der Waals surface area (Å²) in [6.45, 7) is 4.17. The van der Waals surface area contributed by atoms with Crippen molar-refractivity contribution in [2.75, 3.05) is 12.4 Å². The molecule has 0 aliphatic rings. The van der Waals surface area contributed by atoms with Crippen molar-refractivity contribution >= 4 is 17.7 Å². The van der Waals surface area contributed by atoms with E-state index in [4.69, 9.17) is 4.74 Å². The summed E-state index contributed by atoms with van der Waals surface area (Å²) in [7, 11) is 1.61. The second kappa shape index (κ2) is 8.31. The van der Waals surface area contributed by atoms with Crippen molar-refractivity contribution in [1.29, 1.82) is 0 Å². The number of carbonyl (C=O) groups is 1. The zero-order chi connectivity index (χ0) is 19.2. The number of ether oxygens (including phenoxy) is 1. The van der Waals surface area contributed by atoms with Crippen LogP contribution >= 0.6 is 0 Å². The van der Waals surface area contributed by atoms with E-state index in [0.717, 1.165) is 22.7 Å². The quantitative estimate of drug-likeness (QED) is 0.672. The third-order valence-electron chi connectivity index (χ3n) is 4.05. The molecule has 3 aromatic rings. The molecule has 2 aromatic carbocycles. The van der Waals surface area contributed by atoms with Crippen LogP contribution in [0.25, 0.3) is 11.8 Å². The molecule has 0 atom stereocenters. The zero-order valence-corrected chi connectivity index (χ0v) is 15.6. The van der Waals surface area contributed by atoms with E-state index in [1.165, 1.54) is 6.08 Å². The van der Waals surface area contributed by atoms with E-state index in [1.54, 1.807) is 24.1 Å². The van der Waals surface area contributed by atoms with E-state index in [-0.39, 0.29) is 5.91 Å². The highest BCUT2D eigenvalue weighted by molar-refractivity contribution is 6.02. The highest BCUT2D eigenvalue weighted by Crippen LogP contribution is 2.20. The molecule has 138 valence electrons. The van der Waals surface area contributed by atoms with Crippen LogP contribution in [0.4, 0.5) is 5.69 Å². The van der Waals surface area contributed by atoms with Crippen LogP contribution < -0.4 is 10.1 Å². The molecule has 0 spiro atoms. The lowest BCUT2D eigenvalue weighted by Crippen LogP contribution is -2.09. The molecular formula is C21H22N4O2. The normalized spacial score (nSPS) is 11.1. The molecule has 1 aromatic heterocycles. The van der Waals surface area contributed by atoms with Gasteiger partial charge in [0.05, 0.1) is 24.7 Å². The summed E-state index contributed by atoms with van der Waals surface area (Å²) in [5.41, 5.74) is 3.45. The minimum absolute atomic E-state index is 0.211. The van der Waals surface area contributed by atoms with Gasteiger partial charge in [0.15, 0.2) is 0 Å². The first-order valence-electron chi connectivity index (χ1n) is 8.71. The van der Waals surface area contributed by atoms with E-state index >= 15 is 0 Å². The molecule has 0 unspecified atom stereocenters. The van der Waals surface area contributed by atoms with Gasteiger partial charge in [-0.25, -0.2) is 4.68 Å². The summed E-state index contributed by atoms with van der Waals surface area (Å²) < 4.78 is 6.97. The van der Waals surface area contributed by atoms with Gasteiger partial charge in [-0.05, 0) is 47.9 Å². The number of nitrogens with one attached hydrogen (secondary N) is 1. The van der Waals surface area contributed by atoms with Crippen LogP contribution in [0, 0.1) is 0 Å². The molecule has 0 aliphatic heterocycles. The topological polar surface area (TPSA) is 69.0 Å². The Bertz CT molecular complexity index is 960. The average molecular weight is 362 g/mol. The van der Waals surface area contributed by atoms with Crippen molar-refractivity contribution in [2.45, 2.75) is 19.8 Å². The SMILES string of the molecule is COc1cccc(/C=C/C(=O)Nc2cccc(-n3nncc3C(C)C)c2)c1. The van der Waals surface area contributed by atoms with Gasteiger partial charge >= 0.3 is 0 Å². The molecule has 1 N–H and O–H groups in total. The second-order valence-electron chi connectivity index (χ2n) is 6.37. The molecule has 6 heteroatoms. The molecule has 0 bridgehead atoms. The summed E-state index contributed by atoms with van der Waals surface area (Å²) in [6.07, 6.45) is 5.00. The molecule has 0 aliphatic carbocycles. The highest BCUT2D eigenvalue weighted by atomic mass is 16.5. The zero-order valence-electron chi connectivity index (χ0n) is 15.6. The minimum Gasteiger partial charge on any atom is -0.497 e. The standard InChI is InChI=1S/C21H22N4O2/c1-15(2)20-14-22-24-25(20)18-8-5-7-17(13-18)23-21(26)11-10-16-6-4-9-19(12-16)27-3/h4-15H,1-3H3,(H,23,26)/b11-10+. The van der Waals surface area contributed by atoms with E-state index in [9.17, 15) is 4.79 Å². The fraction of sp³-hybridized carbons (Fsp3) is 0.190. The fourth-order valence-corrected chi connectivity index (χ4v) is 2.65. The Hall–Kier alpha value is -3.41. The molecule has 3 rings (SSSR count). The number of amides is 1. The maximum Gasteiger partial charge on any atom is 0.248 e. The van der Waals surface area contributed by atoms with Gasteiger partial charge in [-0.3, -0.25) is 4.79 Å². The van der Waals surface area contributed by atoms with Gasteiger partial charge in [-0.1, -0.05) is 37.3 Å². The fourth-order valence-electron chi connectivity index (χ4n) is 2.65. The predicted octanol–water partition coefficient (Wildman–Crippen LogP) is 4.05. The van der Waals surface area contributed by atoms with Crippen LogP contribution in [0.5, 0.6) is 5.75 Å². The van der Waals surface area contributed by atoms with Crippen molar-refractivity contribution in [1.82, 2.24) is 15.0 Å². The lowest BCUT2D eigenvalue weighted by atomic mass is 10.1. The van der Waals surface area contributed by atoms with E-state index in [2.05, 4.69) is 29.5 Å². The monoisotopic (exact) mass is 362 g/mol. The molecule has 0 saturated heterocycles. The number of hydrogen-bond donors (Lipinski definition) is 1. The summed E-state index contributed by atoms with van der Waals surface area (Å²) >= 11 is 0. The molecule has 0 saturated carbocycles. The van der Waals surface area contributed by atoms with Crippen molar-refractivity contribution in [2.24, 2.45) is 0 Å². The molecule has 1 amide bonds. The molecule has 0 fully saturated rings. The van der Waals surface area contributed by atoms with Crippen LogP contribution in [0.15, 0.2) is 60.8 Å². The van der Waals surface area contributed by atoms with Crippen molar-refractivity contribution < 1.29 is 9.53 Å². The second-order valence-corrected chi connectivity index (χ2v) is 6.37.